The second-order valence-corrected chi connectivity index (χ2v) is 13.5. The van der Waals surface area contributed by atoms with Crippen LogP contribution in [-0.2, 0) is 0 Å². The first-order valence-corrected chi connectivity index (χ1v) is 17.7. The minimum atomic E-state index is 0.114. The summed E-state index contributed by atoms with van der Waals surface area (Å²) in [7, 11) is 31.6. The van der Waals surface area contributed by atoms with Gasteiger partial charge in [0.25, 0.3) is 0 Å². The number of para-hydroxylation sites is 1. The lowest BCUT2D eigenvalue weighted by atomic mass is 9.60. The minimum absolute atomic E-state index is 0.114. The first kappa shape index (κ1) is 33.1. The molecule has 0 fully saturated rings. The van der Waals surface area contributed by atoms with Crippen LogP contribution in [0.2, 0.25) is 0 Å². The quantitative estimate of drug-likeness (QED) is 0.224. The summed E-state index contributed by atoms with van der Waals surface area (Å²) in [5.74, 6) is 1.02. The van der Waals surface area contributed by atoms with E-state index in [1.807, 2.05) is 60.7 Å². The van der Waals surface area contributed by atoms with Crippen LogP contribution in [0.4, 0.5) is 0 Å². The van der Waals surface area contributed by atoms with Crippen LogP contribution in [0.15, 0.2) is 144 Å². The summed E-state index contributed by atoms with van der Waals surface area (Å²) < 4.78 is 8.95. The Bertz CT molecular complexity index is 3130. The summed E-state index contributed by atoms with van der Waals surface area (Å²) in [6, 6.07) is 47.3. The van der Waals surface area contributed by atoms with Crippen LogP contribution in [0.3, 0.4) is 0 Å². The topological polar surface area (TPSA) is 56.7 Å². The SMILES string of the molecule is [B]c1c([B])c([B])c(-c2nc(-c3ccccc3)nc(-c3ccc4c(c3)oc3cccc(-n5c6ccccc6c6c(-c7ccccc7)cccc65)c34)n2)c([B])c1[B]. The van der Waals surface area contributed by atoms with E-state index in [0.29, 0.717) is 28.4 Å². The van der Waals surface area contributed by atoms with Crippen molar-refractivity contribution in [3.63, 3.8) is 0 Å². The molecule has 7 aromatic carbocycles. The maximum absolute atomic E-state index is 6.61. The van der Waals surface area contributed by atoms with Gasteiger partial charge in [0.15, 0.2) is 17.5 Å². The summed E-state index contributed by atoms with van der Waals surface area (Å²) in [6.07, 6.45) is 0. The molecule has 244 valence electrons. The molecular formula is C45H23B5N4O. The zero-order valence-corrected chi connectivity index (χ0v) is 29.4. The van der Waals surface area contributed by atoms with Gasteiger partial charge in [-0.2, -0.15) is 0 Å². The number of fused-ring (bicyclic) bond motifs is 6. The minimum Gasteiger partial charge on any atom is -0.456 e. The Morgan fingerprint density at radius 3 is 1.76 bits per heavy atom. The van der Waals surface area contributed by atoms with Gasteiger partial charge in [-0.05, 0) is 47.5 Å². The molecule has 10 radical (unpaired) electrons. The van der Waals surface area contributed by atoms with Gasteiger partial charge in [-0.3, -0.25) is 0 Å². The maximum Gasteiger partial charge on any atom is 0.164 e. The van der Waals surface area contributed by atoms with Crippen molar-refractivity contribution in [3.8, 4) is 51.0 Å². The standard InChI is InChI=1S/C45H23B5N4O/c46-38-37(39(47)41(49)42(50)40(38)48)45-52-43(25-13-5-2-6-14-25)51-44(53-45)26-21-22-29-34(23-26)55-33-20-10-19-32(36(29)33)54-30-17-8-7-15-28(30)35-27(16-9-18-31(35)54)24-11-3-1-4-12-24/h1-23H. The van der Waals surface area contributed by atoms with Gasteiger partial charge >= 0.3 is 0 Å². The van der Waals surface area contributed by atoms with E-state index in [1.54, 1.807) is 0 Å². The molecule has 0 aliphatic carbocycles. The Labute approximate surface area is 323 Å². The molecule has 0 spiro atoms. The van der Waals surface area contributed by atoms with E-state index in [-0.39, 0.29) is 33.1 Å². The van der Waals surface area contributed by atoms with Crippen molar-refractivity contribution < 1.29 is 4.42 Å². The Kier molecular flexibility index (Phi) is 7.70. The molecule has 3 aromatic heterocycles. The van der Waals surface area contributed by atoms with Crippen molar-refractivity contribution in [1.82, 2.24) is 19.5 Å². The number of rotatable bonds is 5. The average Bonchev–Trinajstić information content (AvgIpc) is 3.78. The molecule has 0 unspecified atom stereocenters. The smallest absolute Gasteiger partial charge is 0.164 e. The second-order valence-electron chi connectivity index (χ2n) is 13.5. The van der Waals surface area contributed by atoms with Crippen molar-refractivity contribution >= 4 is 110 Å². The highest BCUT2D eigenvalue weighted by molar-refractivity contribution is 6.68. The van der Waals surface area contributed by atoms with Crippen molar-refractivity contribution in [3.05, 3.63) is 140 Å². The maximum atomic E-state index is 6.61. The first-order chi connectivity index (χ1) is 26.9. The lowest BCUT2D eigenvalue weighted by molar-refractivity contribution is 0.669. The lowest BCUT2D eigenvalue weighted by Crippen LogP contribution is -2.55. The summed E-state index contributed by atoms with van der Waals surface area (Å²) in [6.45, 7) is 0. The van der Waals surface area contributed by atoms with Gasteiger partial charge < -0.3 is 8.98 Å². The van der Waals surface area contributed by atoms with Crippen LogP contribution < -0.4 is 27.3 Å². The van der Waals surface area contributed by atoms with Crippen LogP contribution in [0.25, 0.3) is 94.7 Å². The van der Waals surface area contributed by atoms with Gasteiger partial charge in [0.1, 0.15) is 50.4 Å². The van der Waals surface area contributed by atoms with Crippen LogP contribution in [0, 0.1) is 0 Å². The van der Waals surface area contributed by atoms with Gasteiger partial charge in [0, 0.05) is 32.8 Å². The Morgan fingerprint density at radius 1 is 0.418 bits per heavy atom. The molecule has 0 saturated carbocycles. The summed E-state index contributed by atoms with van der Waals surface area (Å²) >= 11 is 0. The molecule has 0 saturated heterocycles. The molecule has 0 aliphatic heterocycles. The molecule has 55 heavy (non-hydrogen) atoms. The molecule has 0 amide bonds. The lowest BCUT2D eigenvalue weighted by Gasteiger charge is -2.20. The molecule has 10 aromatic rings. The third-order valence-corrected chi connectivity index (χ3v) is 10.3. The number of nitrogens with zero attached hydrogens (tertiary/aromatic N) is 4. The summed E-state index contributed by atoms with van der Waals surface area (Å²) in [5.41, 5.74) is 9.40. The summed E-state index contributed by atoms with van der Waals surface area (Å²) in [5, 5.41) is 4.31. The Morgan fingerprint density at radius 2 is 1.02 bits per heavy atom. The normalized spacial score (nSPS) is 11.6. The Balaban J connectivity index is 1.18. The third kappa shape index (κ3) is 5.19. The molecule has 0 aliphatic rings. The zero-order valence-electron chi connectivity index (χ0n) is 29.4. The monoisotopic (exact) mass is 690 g/mol. The van der Waals surface area contributed by atoms with Crippen LogP contribution in [0.1, 0.15) is 0 Å². The number of furan rings is 1. The molecule has 3 heterocycles. The molecule has 0 bridgehead atoms. The van der Waals surface area contributed by atoms with Gasteiger partial charge in [0.05, 0.1) is 22.1 Å². The number of hydrogen-bond acceptors (Lipinski definition) is 4. The van der Waals surface area contributed by atoms with E-state index in [0.717, 1.165) is 38.6 Å². The second kappa shape index (κ2) is 12.8. The van der Waals surface area contributed by atoms with E-state index >= 15 is 0 Å². The van der Waals surface area contributed by atoms with E-state index in [2.05, 4.69) is 83.4 Å². The molecule has 5 nitrogen and oxygen atoms in total. The fraction of sp³-hybridized carbons (Fsp3) is 0. The van der Waals surface area contributed by atoms with E-state index < -0.39 is 0 Å². The highest BCUT2D eigenvalue weighted by atomic mass is 16.3. The van der Waals surface area contributed by atoms with Crippen molar-refractivity contribution in [1.29, 1.82) is 0 Å². The largest absolute Gasteiger partial charge is 0.456 e. The van der Waals surface area contributed by atoms with Crippen molar-refractivity contribution in [2.24, 2.45) is 0 Å². The number of hydrogen-bond donors (Lipinski definition) is 0. The molecule has 0 atom stereocenters. The van der Waals surface area contributed by atoms with Crippen LogP contribution in [0.5, 0.6) is 0 Å². The molecule has 10 heteroatoms. The fourth-order valence-corrected chi connectivity index (χ4v) is 7.69. The highest BCUT2D eigenvalue weighted by Crippen LogP contribution is 2.42. The predicted molar refractivity (Wildman–Crippen MR) is 230 cm³/mol. The van der Waals surface area contributed by atoms with E-state index in [9.17, 15) is 0 Å². The third-order valence-electron chi connectivity index (χ3n) is 10.3. The van der Waals surface area contributed by atoms with Crippen molar-refractivity contribution in [2.75, 3.05) is 0 Å². The van der Waals surface area contributed by atoms with E-state index in [4.69, 9.17) is 58.6 Å². The number of aromatic nitrogens is 4. The molecular weight excluding hydrogens is 667 g/mol. The zero-order chi connectivity index (χ0) is 37.4. The van der Waals surface area contributed by atoms with Gasteiger partial charge in [0.2, 0.25) is 0 Å². The molecule has 10 rings (SSSR count). The fourth-order valence-electron chi connectivity index (χ4n) is 7.69. The van der Waals surface area contributed by atoms with Crippen LogP contribution >= 0.6 is 0 Å². The number of benzene rings is 7. The van der Waals surface area contributed by atoms with E-state index in [1.165, 1.54) is 21.9 Å². The van der Waals surface area contributed by atoms with Crippen LogP contribution in [-0.4, -0.2) is 58.8 Å². The molecule has 0 N–H and O–H groups in total. The first-order valence-electron chi connectivity index (χ1n) is 17.7. The van der Waals surface area contributed by atoms with Gasteiger partial charge in [-0.25, -0.2) is 15.0 Å². The Hall–Kier alpha value is -6.53. The predicted octanol–water partition coefficient (Wildman–Crippen LogP) is 5.51. The van der Waals surface area contributed by atoms with Crippen molar-refractivity contribution in [2.45, 2.75) is 0 Å². The summed E-state index contributed by atoms with van der Waals surface area (Å²) in [4.78, 5) is 14.6. The highest BCUT2D eigenvalue weighted by Gasteiger charge is 2.22. The van der Waals surface area contributed by atoms with Gasteiger partial charge in [-0.1, -0.05) is 114 Å². The average molecular weight is 690 g/mol. The van der Waals surface area contributed by atoms with Gasteiger partial charge in [-0.15, -0.1) is 16.4 Å².